The number of hydrogen-bond donors (Lipinski definition) is 1. The average Bonchev–Trinajstić information content (AvgIpc) is 2.45. The van der Waals surface area contributed by atoms with E-state index in [0.717, 1.165) is 6.54 Å². The van der Waals surface area contributed by atoms with Gasteiger partial charge in [-0.1, -0.05) is 35.0 Å². The third kappa shape index (κ3) is 4.04. The molecule has 1 saturated heterocycles. The highest BCUT2D eigenvalue weighted by molar-refractivity contribution is 9.10. The minimum absolute atomic E-state index is 0.488. The fourth-order valence-electron chi connectivity index (χ4n) is 3.03. The zero-order chi connectivity index (χ0) is 13.7. The van der Waals surface area contributed by atoms with Crippen LogP contribution in [-0.2, 0) is 0 Å². The van der Waals surface area contributed by atoms with Gasteiger partial charge in [-0.05, 0) is 57.0 Å². The van der Waals surface area contributed by atoms with Gasteiger partial charge in [0.15, 0.2) is 0 Å². The van der Waals surface area contributed by atoms with Crippen molar-refractivity contribution in [3.05, 3.63) is 34.3 Å². The fraction of sp³-hybridized carbons (Fsp3) is 0.625. The van der Waals surface area contributed by atoms with Crippen molar-refractivity contribution in [3.8, 4) is 0 Å². The summed E-state index contributed by atoms with van der Waals surface area (Å²) in [5.74, 6) is 0. The van der Waals surface area contributed by atoms with Gasteiger partial charge in [-0.15, -0.1) is 0 Å². The van der Waals surface area contributed by atoms with Crippen molar-refractivity contribution < 1.29 is 0 Å². The molecule has 0 aromatic heterocycles. The molecule has 2 unspecified atom stereocenters. The number of halogens is 1. The van der Waals surface area contributed by atoms with Gasteiger partial charge < -0.3 is 5.32 Å². The molecule has 2 rings (SSSR count). The predicted molar refractivity (Wildman–Crippen MR) is 85.4 cm³/mol. The first-order valence-corrected chi connectivity index (χ1v) is 8.23. The molecule has 0 radical (unpaired) electrons. The predicted octanol–water partition coefficient (Wildman–Crippen LogP) is 3.97. The number of nitrogens with zero attached hydrogens (tertiary/aromatic N) is 1. The topological polar surface area (TPSA) is 15.3 Å². The molecule has 0 amide bonds. The van der Waals surface area contributed by atoms with Gasteiger partial charge in [0.25, 0.3) is 0 Å². The van der Waals surface area contributed by atoms with Crippen LogP contribution in [0.25, 0.3) is 0 Å². The zero-order valence-electron chi connectivity index (χ0n) is 12.0. The first-order chi connectivity index (χ1) is 9.22. The summed E-state index contributed by atoms with van der Waals surface area (Å²) in [7, 11) is 0. The van der Waals surface area contributed by atoms with Crippen molar-refractivity contribution in [2.45, 2.75) is 45.2 Å². The molecular weight excluding hydrogens is 300 g/mol. The lowest BCUT2D eigenvalue weighted by Gasteiger charge is -2.39. The second-order valence-corrected chi connectivity index (χ2v) is 6.38. The van der Waals surface area contributed by atoms with Gasteiger partial charge >= 0.3 is 0 Å². The van der Waals surface area contributed by atoms with Crippen LogP contribution in [0.1, 0.15) is 44.7 Å². The normalized spacial score (nSPS) is 21.6. The summed E-state index contributed by atoms with van der Waals surface area (Å²) in [4.78, 5) is 2.67. The number of nitrogens with one attached hydrogen (secondary N) is 1. The second kappa shape index (κ2) is 7.41. The van der Waals surface area contributed by atoms with Crippen LogP contribution < -0.4 is 5.32 Å². The van der Waals surface area contributed by atoms with Crippen LogP contribution in [0.15, 0.2) is 28.7 Å². The maximum Gasteiger partial charge on any atom is 0.0323 e. The summed E-state index contributed by atoms with van der Waals surface area (Å²) in [6, 6.07) is 9.91. The summed E-state index contributed by atoms with van der Waals surface area (Å²) in [5, 5.41) is 3.54. The van der Waals surface area contributed by atoms with Crippen LogP contribution in [-0.4, -0.2) is 30.6 Å². The molecule has 106 valence electrons. The highest BCUT2D eigenvalue weighted by Crippen LogP contribution is 2.27. The van der Waals surface area contributed by atoms with E-state index in [1.807, 2.05) is 0 Å². The van der Waals surface area contributed by atoms with Gasteiger partial charge in [-0.3, -0.25) is 4.90 Å². The number of hydrogen-bond acceptors (Lipinski definition) is 2. The molecule has 1 heterocycles. The summed E-state index contributed by atoms with van der Waals surface area (Å²) in [6.07, 6.45) is 3.84. The Bertz CT molecular complexity index is 388. The number of piperidine rings is 1. The summed E-state index contributed by atoms with van der Waals surface area (Å²) in [6.45, 7) is 8.11. The van der Waals surface area contributed by atoms with Crippen LogP contribution >= 0.6 is 15.9 Å². The Morgan fingerprint density at radius 1 is 1.47 bits per heavy atom. The summed E-state index contributed by atoms with van der Waals surface area (Å²) >= 11 is 3.58. The summed E-state index contributed by atoms with van der Waals surface area (Å²) < 4.78 is 1.18. The van der Waals surface area contributed by atoms with E-state index >= 15 is 0 Å². The lowest BCUT2D eigenvalue weighted by atomic mass is 10.00. The van der Waals surface area contributed by atoms with Crippen LogP contribution in [0.2, 0.25) is 0 Å². The molecule has 1 fully saturated rings. The van der Waals surface area contributed by atoms with E-state index in [2.05, 4.69) is 64.3 Å². The van der Waals surface area contributed by atoms with Crippen molar-refractivity contribution in [3.63, 3.8) is 0 Å². The van der Waals surface area contributed by atoms with Gasteiger partial charge in [0.2, 0.25) is 0 Å². The van der Waals surface area contributed by atoms with E-state index in [9.17, 15) is 0 Å². The third-order valence-electron chi connectivity index (χ3n) is 4.05. The highest BCUT2D eigenvalue weighted by Gasteiger charge is 2.25. The van der Waals surface area contributed by atoms with Crippen molar-refractivity contribution in [1.82, 2.24) is 10.2 Å². The molecule has 1 aromatic carbocycles. The minimum Gasteiger partial charge on any atom is -0.315 e. The molecule has 1 N–H and O–H groups in total. The summed E-state index contributed by atoms with van der Waals surface area (Å²) in [5.41, 5.74) is 1.41. The molecule has 1 aromatic rings. The van der Waals surface area contributed by atoms with E-state index in [1.54, 1.807) is 0 Å². The molecule has 19 heavy (non-hydrogen) atoms. The van der Waals surface area contributed by atoms with E-state index in [-0.39, 0.29) is 0 Å². The third-order valence-corrected chi connectivity index (χ3v) is 4.54. The van der Waals surface area contributed by atoms with E-state index in [0.29, 0.717) is 12.1 Å². The van der Waals surface area contributed by atoms with Crippen molar-refractivity contribution >= 4 is 15.9 Å². The first kappa shape index (κ1) is 15.0. The van der Waals surface area contributed by atoms with Gasteiger partial charge in [-0.25, -0.2) is 0 Å². The molecule has 0 saturated carbocycles. The van der Waals surface area contributed by atoms with Crippen molar-refractivity contribution in [1.29, 1.82) is 0 Å². The average molecular weight is 325 g/mol. The molecule has 0 aliphatic carbocycles. The zero-order valence-corrected chi connectivity index (χ0v) is 13.6. The molecule has 3 heteroatoms. The molecule has 1 aliphatic heterocycles. The second-order valence-electron chi connectivity index (χ2n) is 5.47. The monoisotopic (exact) mass is 324 g/mol. The Morgan fingerprint density at radius 2 is 2.32 bits per heavy atom. The Labute approximate surface area is 125 Å². The largest absolute Gasteiger partial charge is 0.315 e. The molecule has 1 aliphatic rings. The van der Waals surface area contributed by atoms with Gasteiger partial charge in [-0.2, -0.15) is 0 Å². The molecular formula is C16H25BrN2. The standard InChI is InChI=1S/C16H25BrN2/c1-3-10-19(16-8-5-9-18-12-16)13(2)14-6-4-7-15(17)11-14/h4,6-7,11,13,16,18H,3,5,8-10,12H2,1-2H3. The lowest BCUT2D eigenvalue weighted by molar-refractivity contribution is 0.120. The smallest absolute Gasteiger partial charge is 0.0323 e. The van der Waals surface area contributed by atoms with Crippen LogP contribution in [0, 0.1) is 0 Å². The highest BCUT2D eigenvalue weighted by atomic mass is 79.9. The van der Waals surface area contributed by atoms with Gasteiger partial charge in [0, 0.05) is 23.1 Å². The maximum atomic E-state index is 3.58. The van der Waals surface area contributed by atoms with Crippen molar-refractivity contribution in [2.24, 2.45) is 0 Å². The Hall–Kier alpha value is -0.380. The first-order valence-electron chi connectivity index (χ1n) is 7.44. The minimum atomic E-state index is 0.488. The van der Waals surface area contributed by atoms with Crippen molar-refractivity contribution in [2.75, 3.05) is 19.6 Å². The maximum absolute atomic E-state index is 3.58. The molecule has 2 atom stereocenters. The Morgan fingerprint density at radius 3 is 2.95 bits per heavy atom. The van der Waals surface area contributed by atoms with E-state index in [1.165, 1.54) is 42.4 Å². The Balaban J connectivity index is 2.12. The molecule has 0 bridgehead atoms. The van der Waals surface area contributed by atoms with Crippen LogP contribution in [0.3, 0.4) is 0 Å². The fourth-order valence-corrected chi connectivity index (χ4v) is 3.44. The number of rotatable bonds is 5. The van der Waals surface area contributed by atoms with E-state index in [4.69, 9.17) is 0 Å². The number of benzene rings is 1. The van der Waals surface area contributed by atoms with E-state index < -0.39 is 0 Å². The SMILES string of the molecule is CCCN(C1CCCNC1)C(C)c1cccc(Br)c1. The van der Waals surface area contributed by atoms with Crippen LogP contribution in [0.4, 0.5) is 0 Å². The van der Waals surface area contributed by atoms with Gasteiger partial charge in [0.1, 0.15) is 0 Å². The Kier molecular flexibility index (Phi) is 5.86. The van der Waals surface area contributed by atoms with Crippen LogP contribution in [0.5, 0.6) is 0 Å². The van der Waals surface area contributed by atoms with Gasteiger partial charge in [0.05, 0.1) is 0 Å². The quantitative estimate of drug-likeness (QED) is 0.881. The molecule has 0 spiro atoms. The molecule has 2 nitrogen and oxygen atoms in total. The lowest BCUT2D eigenvalue weighted by Crippen LogP contribution is -2.47.